The van der Waals surface area contributed by atoms with Gasteiger partial charge in [-0.15, -0.1) is 9.47 Å². The van der Waals surface area contributed by atoms with Gasteiger partial charge in [0.15, 0.2) is 0 Å². The molecule has 0 aliphatic rings. The highest BCUT2D eigenvalue weighted by Crippen LogP contribution is 1.93. The molecule has 0 aliphatic heterocycles. The Hall–Kier alpha value is -2.77. The second-order valence-corrected chi connectivity index (χ2v) is 3.87. The van der Waals surface area contributed by atoms with E-state index in [-0.39, 0.29) is 0 Å². The molecule has 0 radical (unpaired) electrons. The zero-order chi connectivity index (χ0) is 13.8. The zero-order valence-corrected chi connectivity index (χ0v) is 10.5. The molecule has 2 aromatic heterocycles. The highest BCUT2D eigenvalue weighted by Gasteiger charge is 2.14. The van der Waals surface area contributed by atoms with Gasteiger partial charge in [-0.1, -0.05) is 6.07 Å². The second kappa shape index (κ2) is 5.25. The van der Waals surface area contributed by atoms with Gasteiger partial charge in [0.2, 0.25) is 0 Å². The maximum atomic E-state index is 11.8. The number of amides is 1. The summed E-state index contributed by atoms with van der Waals surface area (Å²) < 4.78 is 0.826. The van der Waals surface area contributed by atoms with Crippen LogP contribution in [0.25, 0.3) is 0 Å². The van der Waals surface area contributed by atoms with E-state index in [1.807, 2.05) is 0 Å². The molecule has 0 saturated heterocycles. The van der Waals surface area contributed by atoms with Crippen LogP contribution >= 0.6 is 0 Å². The third-order valence-electron chi connectivity index (χ3n) is 2.23. The maximum absolute atomic E-state index is 11.8. The molecule has 1 amide bonds. The summed E-state index contributed by atoms with van der Waals surface area (Å²) in [7, 11) is 3.08. The van der Waals surface area contributed by atoms with Crippen LogP contribution in [0.1, 0.15) is 5.56 Å². The standard InChI is InChI=1S/C11H12N6O2/c1-15(2)11(19)17-10(18)13-8-16(17)14-7-9-4-3-5-12-6-9/h3-8H,1-2H3/b14-7+. The van der Waals surface area contributed by atoms with E-state index in [0.29, 0.717) is 0 Å². The molecule has 0 aliphatic carbocycles. The van der Waals surface area contributed by atoms with Gasteiger partial charge in [0.1, 0.15) is 6.33 Å². The third-order valence-corrected chi connectivity index (χ3v) is 2.23. The van der Waals surface area contributed by atoms with Crippen LogP contribution in [0.4, 0.5) is 4.79 Å². The third kappa shape index (κ3) is 2.73. The smallest absolute Gasteiger partial charge is 0.329 e. The number of pyridine rings is 1. The molecule has 0 fully saturated rings. The lowest BCUT2D eigenvalue weighted by Gasteiger charge is -2.10. The van der Waals surface area contributed by atoms with Crippen molar-refractivity contribution in [2.75, 3.05) is 14.1 Å². The van der Waals surface area contributed by atoms with Crippen LogP contribution in [-0.2, 0) is 0 Å². The number of nitrogens with zero attached hydrogens (tertiary/aromatic N) is 6. The fraction of sp³-hybridized carbons (Fsp3) is 0.182. The summed E-state index contributed by atoms with van der Waals surface area (Å²) >= 11 is 0. The lowest BCUT2D eigenvalue weighted by Crippen LogP contribution is -2.37. The van der Waals surface area contributed by atoms with Gasteiger partial charge in [-0.25, -0.2) is 9.59 Å². The summed E-state index contributed by atoms with van der Waals surface area (Å²) in [4.78, 5) is 33.1. The van der Waals surface area contributed by atoms with Crippen LogP contribution in [0, 0.1) is 0 Å². The summed E-state index contributed by atoms with van der Waals surface area (Å²) in [6.45, 7) is 0. The maximum Gasteiger partial charge on any atom is 0.374 e. The molecule has 8 nitrogen and oxygen atoms in total. The van der Waals surface area contributed by atoms with Crippen LogP contribution in [0.2, 0.25) is 0 Å². The van der Waals surface area contributed by atoms with Gasteiger partial charge in [-0.05, 0) is 6.07 Å². The van der Waals surface area contributed by atoms with E-state index in [4.69, 9.17) is 0 Å². The Kier molecular flexibility index (Phi) is 3.51. The van der Waals surface area contributed by atoms with Crippen molar-refractivity contribution < 1.29 is 4.79 Å². The molecule has 2 rings (SSSR count). The molecule has 19 heavy (non-hydrogen) atoms. The monoisotopic (exact) mass is 260 g/mol. The average molecular weight is 260 g/mol. The van der Waals surface area contributed by atoms with Crippen LogP contribution in [-0.4, -0.2) is 50.7 Å². The minimum atomic E-state index is -0.679. The van der Waals surface area contributed by atoms with Crippen molar-refractivity contribution in [2.45, 2.75) is 0 Å². The van der Waals surface area contributed by atoms with Crippen molar-refractivity contribution >= 4 is 12.2 Å². The molecular weight excluding hydrogens is 248 g/mol. The van der Waals surface area contributed by atoms with E-state index < -0.39 is 11.7 Å². The molecule has 0 aromatic carbocycles. The SMILES string of the molecule is CN(C)C(=O)n1c(=O)ncn1/N=C/c1cccnc1. The minimum Gasteiger partial charge on any atom is -0.329 e. The highest BCUT2D eigenvalue weighted by atomic mass is 16.2. The van der Waals surface area contributed by atoms with Crippen LogP contribution in [0.3, 0.4) is 0 Å². The molecule has 98 valence electrons. The largest absolute Gasteiger partial charge is 0.374 e. The summed E-state index contributed by atoms with van der Waals surface area (Å²) in [6.07, 6.45) is 5.90. The first kappa shape index (κ1) is 12.7. The van der Waals surface area contributed by atoms with Crippen molar-refractivity contribution in [1.82, 2.24) is 24.3 Å². The zero-order valence-electron chi connectivity index (χ0n) is 10.5. The summed E-state index contributed by atoms with van der Waals surface area (Å²) in [5, 5.41) is 4.01. The Balaban J connectivity index is 2.35. The number of hydrogen-bond donors (Lipinski definition) is 0. The molecule has 0 atom stereocenters. The molecule has 0 bridgehead atoms. The molecule has 0 saturated carbocycles. The number of aromatic nitrogens is 4. The van der Waals surface area contributed by atoms with Crippen molar-refractivity contribution in [3.05, 3.63) is 46.9 Å². The van der Waals surface area contributed by atoms with Crippen LogP contribution < -0.4 is 5.69 Å². The van der Waals surface area contributed by atoms with Gasteiger partial charge in [-0.3, -0.25) is 4.98 Å². The Morgan fingerprint density at radius 1 is 1.47 bits per heavy atom. The summed E-state index contributed by atoms with van der Waals surface area (Å²) in [5.41, 5.74) is 0.0644. The lowest BCUT2D eigenvalue weighted by atomic mass is 10.3. The van der Waals surface area contributed by atoms with Crippen LogP contribution in [0.15, 0.2) is 40.7 Å². The van der Waals surface area contributed by atoms with Gasteiger partial charge in [0.05, 0.1) is 6.21 Å². The van der Waals surface area contributed by atoms with Gasteiger partial charge in [0, 0.05) is 32.1 Å². The van der Waals surface area contributed by atoms with Gasteiger partial charge in [0.25, 0.3) is 0 Å². The predicted molar refractivity (Wildman–Crippen MR) is 68.2 cm³/mol. The highest BCUT2D eigenvalue weighted by molar-refractivity contribution is 5.79. The van der Waals surface area contributed by atoms with E-state index in [9.17, 15) is 9.59 Å². The molecule has 8 heteroatoms. The van der Waals surface area contributed by atoms with Crippen molar-refractivity contribution in [1.29, 1.82) is 0 Å². The molecule has 0 unspecified atom stereocenters. The molecule has 0 spiro atoms. The first-order valence-corrected chi connectivity index (χ1v) is 5.42. The number of carbonyl (C=O) groups is 1. The van der Waals surface area contributed by atoms with Crippen molar-refractivity contribution in [3.8, 4) is 0 Å². The first-order valence-electron chi connectivity index (χ1n) is 5.42. The Morgan fingerprint density at radius 3 is 2.89 bits per heavy atom. The fourth-order valence-corrected chi connectivity index (χ4v) is 1.31. The predicted octanol–water partition coefficient (Wildman–Crippen LogP) is -0.148. The van der Waals surface area contributed by atoms with E-state index in [1.165, 1.54) is 31.5 Å². The van der Waals surface area contributed by atoms with Gasteiger partial charge >= 0.3 is 11.7 Å². The quantitative estimate of drug-likeness (QED) is 0.703. The summed E-state index contributed by atoms with van der Waals surface area (Å²) in [6, 6.07) is 3.03. The Morgan fingerprint density at radius 2 is 2.26 bits per heavy atom. The van der Waals surface area contributed by atoms with Crippen molar-refractivity contribution in [2.24, 2.45) is 5.10 Å². The van der Waals surface area contributed by atoms with E-state index in [2.05, 4.69) is 15.1 Å². The minimum absolute atomic E-state index is 0.522. The van der Waals surface area contributed by atoms with E-state index in [1.54, 1.807) is 24.5 Å². The fourth-order valence-electron chi connectivity index (χ4n) is 1.31. The normalized spacial score (nSPS) is 10.8. The van der Waals surface area contributed by atoms with Crippen molar-refractivity contribution in [3.63, 3.8) is 0 Å². The van der Waals surface area contributed by atoms with E-state index >= 15 is 0 Å². The van der Waals surface area contributed by atoms with Gasteiger partial charge in [-0.2, -0.15) is 10.1 Å². The van der Waals surface area contributed by atoms with Crippen LogP contribution in [0.5, 0.6) is 0 Å². The Labute approximate surface area is 108 Å². The second-order valence-electron chi connectivity index (χ2n) is 3.87. The topological polar surface area (TPSA) is 85.4 Å². The molecule has 0 N–H and O–H groups in total. The first-order chi connectivity index (χ1) is 9.09. The molecule has 2 heterocycles. The van der Waals surface area contributed by atoms with Gasteiger partial charge < -0.3 is 4.90 Å². The number of hydrogen-bond acceptors (Lipinski definition) is 5. The summed E-state index contributed by atoms with van der Waals surface area (Å²) in [5.74, 6) is 0. The molecule has 2 aromatic rings. The number of carbonyl (C=O) groups excluding carboxylic acids is 1. The Bertz CT molecular complexity index is 655. The lowest BCUT2D eigenvalue weighted by molar-refractivity contribution is 0.211. The average Bonchev–Trinajstić information content (AvgIpc) is 2.77. The number of rotatable bonds is 2. The van der Waals surface area contributed by atoms with E-state index in [0.717, 1.165) is 15.0 Å². The molecular formula is C11H12N6O2.